The first kappa shape index (κ1) is 10.2. The van der Waals surface area contributed by atoms with Gasteiger partial charge in [0.1, 0.15) is 0 Å². The van der Waals surface area contributed by atoms with Gasteiger partial charge >= 0.3 is 11.4 Å². The van der Waals surface area contributed by atoms with E-state index >= 15 is 0 Å². The van der Waals surface area contributed by atoms with Crippen molar-refractivity contribution in [1.82, 2.24) is 4.57 Å². The molecule has 1 aromatic heterocycles. The average molecular weight is 215 g/mol. The highest BCUT2D eigenvalue weighted by molar-refractivity contribution is 5.77. The second-order valence-corrected chi connectivity index (χ2v) is 3.39. The summed E-state index contributed by atoms with van der Waals surface area (Å²) >= 11 is 0. The van der Waals surface area contributed by atoms with Gasteiger partial charge in [0.2, 0.25) is 0 Å². The maximum atomic E-state index is 11.6. The van der Waals surface area contributed by atoms with Crippen LogP contribution >= 0.6 is 0 Å². The normalized spacial score (nSPS) is 12.2. The molecule has 0 bridgehead atoms. The van der Waals surface area contributed by atoms with Crippen LogP contribution in [0.15, 0.2) is 38.3 Å². The van der Waals surface area contributed by atoms with Crippen LogP contribution < -0.4 is 11.4 Å². The van der Waals surface area contributed by atoms with Crippen molar-refractivity contribution in [2.24, 2.45) is 0 Å². The van der Waals surface area contributed by atoms with Gasteiger partial charge in [0.15, 0.2) is 0 Å². The highest BCUT2D eigenvalue weighted by Crippen LogP contribution is 2.11. The van der Waals surface area contributed by atoms with Gasteiger partial charge in [-0.1, -0.05) is 18.1 Å². The van der Waals surface area contributed by atoms with Gasteiger partial charge in [-0.05, 0) is 19.1 Å². The quantitative estimate of drug-likeness (QED) is 0.670. The maximum absolute atomic E-state index is 11.6. The van der Waals surface area contributed by atoms with Crippen molar-refractivity contribution in [3.63, 3.8) is 0 Å². The first-order valence-electron chi connectivity index (χ1n) is 4.75. The molecule has 1 atom stereocenters. The number of aromatic nitrogens is 1. The van der Waals surface area contributed by atoms with Crippen LogP contribution in [-0.2, 0) is 0 Å². The number of para-hydroxylation sites is 1. The zero-order chi connectivity index (χ0) is 11.7. The molecular formula is C12H9NO3. The van der Waals surface area contributed by atoms with E-state index < -0.39 is 17.4 Å². The van der Waals surface area contributed by atoms with Crippen LogP contribution in [0.5, 0.6) is 0 Å². The number of rotatable bonds is 1. The second-order valence-electron chi connectivity index (χ2n) is 3.39. The Balaban J connectivity index is 3.00. The molecule has 0 radical (unpaired) electrons. The molecule has 0 amide bonds. The molecule has 1 unspecified atom stereocenters. The summed E-state index contributed by atoms with van der Waals surface area (Å²) in [5.74, 6) is 1.71. The molecule has 0 saturated carbocycles. The van der Waals surface area contributed by atoms with Gasteiger partial charge in [-0.15, -0.1) is 6.42 Å². The molecule has 4 heteroatoms. The average Bonchev–Trinajstić information content (AvgIpc) is 2.28. The van der Waals surface area contributed by atoms with Crippen molar-refractivity contribution in [3.8, 4) is 12.3 Å². The Morgan fingerprint density at radius 3 is 2.75 bits per heavy atom. The zero-order valence-corrected chi connectivity index (χ0v) is 8.64. The number of terminal acetylenes is 1. The van der Waals surface area contributed by atoms with E-state index in [4.69, 9.17) is 6.42 Å². The van der Waals surface area contributed by atoms with Gasteiger partial charge in [0.05, 0.1) is 16.9 Å². The molecule has 0 spiro atoms. The number of hydrogen-bond acceptors (Lipinski definition) is 3. The van der Waals surface area contributed by atoms with E-state index in [9.17, 15) is 9.59 Å². The minimum absolute atomic E-state index is 0.351. The third-order valence-corrected chi connectivity index (χ3v) is 2.39. The van der Waals surface area contributed by atoms with Crippen molar-refractivity contribution < 1.29 is 4.42 Å². The first-order chi connectivity index (χ1) is 7.65. The van der Waals surface area contributed by atoms with Gasteiger partial charge in [0.25, 0.3) is 0 Å². The molecule has 16 heavy (non-hydrogen) atoms. The van der Waals surface area contributed by atoms with Crippen LogP contribution in [-0.4, -0.2) is 4.57 Å². The van der Waals surface area contributed by atoms with Gasteiger partial charge < -0.3 is 4.42 Å². The topological polar surface area (TPSA) is 52.2 Å². The molecule has 2 aromatic rings. The summed E-state index contributed by atoms with van der Waals surface area (Å²) in [7, 11) is 0. The fourth-order valence-electron chi connectivity index (χ4n) is 1.58. The lowest BCUT2D eigenvalue weighted by molar-refractivity contribution is 0.412. The Labute approximate surface area is 91.1 Å². The van der Waals surface area contributed by atoms with E-state index in [0.717, 1.165) is 0 Å². The summed E-state index contributed by atoms with van der Waals surface area (Å²) in [6, 6.07) is 6.25. The number of fused-ring (bicyclic) bond motifs is 1. The van der Waals surface area contributed by atoms with Crippen molar-refractivity contribution in [1.29, 1.82) is 0 Å². The zero-order valence-electron chi connectivity index (χ0n) is 8.64. The van der Waals surface area contributed by atoms with E-state index in [1.165, 1.54) is 4.57 Å². The lowest BCUT2D eigenvalue weighted by atomic mass is 10.2. The van der Waals surface area contributed by atoms with E-state index in [-0.39, 0.29) is 0 Å². The maximum Gasteiger partial charge on any atom is 0.423 e. The summed E-state index contributed by atoms with van der Waals surface area (Å²) in [5, 5.41) is 0.351. The van der Waals surface area contributed by atoms with Crippen LogP contribution in [0.1, 0.15) is 13.0 Å². The molecule has 0 saturated heterocycles. The van der Waals surface area contributed by atoms with Gasteiger partial charge in [-0.25, -0.2) is 9.59 Å². The van der Waals surface area contributed by atoms with Crippen LogP contribution in [0.3, 0.4) is 0 Å². The highest BCUT2D eigenvalue weighted by Gasteiger charge is 2.11. The van der Waals surface area contributed by atoms with Gasteiger partial charge in [0, 0.05) is 0 Å². The number of nitrogens with zero attached hydrogens (tertiary/aromatic N) is 1. The summed E-state index contributed by atoms with van der Waals surface area (Å²) < 4.78 is 5.89. The highest BCUT2D eigenvalue weighted by atomic mass is 16.4. The van der Waals surface area contributed by atoms with Gasteiger partial charge in [-0.3, -0.25) is 4.57 Å². The van der Waals surface area contributed by atoms with E-state index in [1.807, 2.05) is 0 Å². The Morgan fingerprint density at radius 1 is 1.38 bits per heavy atom. The molecule has 0 aliphatic rings. The predicted molar refractivity (Wildman–Crippen MR) is 60.3 cm³/mol. The van der Waals surface area contributed by atoms with E-state index in [0.29, 0.717) is 10.9 Å². The summed E-state index contributed by atoms with van der Waals surface area (Å²) in [5.41, 5.74) is -0.143. The van der Waals surface area contributed by atoms with E-state index in [1.54, 1.807) is 31.2 Å². The smallest absolute Gasteiger partial charge is 0.372 e. The summed E-state index contributed by atoms with van der Waals surface area (Å²) in [6.45, 7) is 1.69. The molecule has 0 aliphatic heterocycles. The Morgan fingerprint density at radius 2 is 2.06 bits per heavy atom. The SMILES string of the molecule is C#CC(C)n1c(=O)oc(=O)c2ccccc21. The molecule has 1 heterocycles. The first-order valence-corrected chi connectivity index (χ1v) is 4.75. The van der Waals surface area contributed by atoms with Crippen LogP contribution in [0.4, 0.5) is 0 Å². The van der Waals surface area contributed by atoms with Crippen molar-refractivity contribution in [2.45, 2.75) is 13.0 Å². The fourth-order valence-corrected chi connectivity index (χ4v) is 1.58. The largest absolute Gasteiger partial charge is 0.423 e. The third-order valence-electron chi connectivity index (χ3n) is 2.39. The Kier molecular flexibility index (Phi) is 2.37. The summed E-state index contributed by atoms with van der Waals surface area (Å²) in [4.78, 5) is 23.0. The molecular weight excluding hydrogens is 206 g/mol. The molecule has 2 rings (SSSR count). The molecule has 0 N–H and O–H groups in total. The summed E-state index contributed by atoms with van der Waals surface area (Å²) in [6.07, 6.45) is 5.27. The van der Waals surface area contributed by atoms with Crippen molar-refractivity contribution in [2.75, 3.05) is 0 Å². The molecule has 80 valence electrons. The van der Waals surface area contributed by atoms with Gasteiger partial charge in [-0.2, -0.15) is 0 Å². The van der Waals surface area contributed by atoms with Crippen LogP contribution in [0.2, 0.25) is 0 Å². The number of benzene rings is 1. The molecule has 1 aromatic carbocycles. The standard InChI is InChI=1S/C12H9NO3/c1-3-8(2)13-10-7-5-4-6-9(10)11(14)16-12(13)15/h1,4-8H,2H3. The molecule has 4 nitrogen and oxygen atoms in total. The van der Waals surface area contributed by atoms with Crippen molar-refractivity contribution in [3.05, 3.63) is 45.2 Å². The minimum atomic E-state index is -0.728. The predicted octanol–water partition coefficient (Wildman–Crippen LogP) is 1.15. The Hall–Kier alpha value is -2.28. The third kappa shape index (κ3) is 1.43. The molecule has 0 fully saturated rings. The monoisotopic (exact) mass is 215 g/mol. The van der Waals surface area contributed by atoms with Crippen LogP contribution in [0, 0.1) is 12.3 Å². The molecule has 0 aliphatic carbocycles. The minimum Gasteiger partial charge on any atom is -0.372 e. The van der Waals surface area contributed by atoms with Crippen molar-refractivity contribution >= 4 is 10.9 Å². The van der Waals surface area contributed by atoms with E-state index in [2.05, 4.69) is 10.3 Å². The lowest BCUT2D eigenvalue weighted by Gasteiger charge is -2.10. The Bertz CT molecular complexity index is 688. The lowest BCUT2D eigenvalue weighted by Crippen LogP contribution is -2.26. The number of hydrogen-bond donors (Lipinski definition) is 0. The fraction of sp³-hybridized carbons (Fsp3) is 0.167. The van der Waals surface area contributed by atoms with Crippen LogP contribution in [0.25, 0.3) is 10.9 Å². The second kappa shape index (κ2) is 3.70.